The summed E-state index contributed by atoms with van der Waals surface area (Å²) in [6.07, 6.45) is 0.545. The normalized spacial score (nSPS) is 10.4. The third kappa shape index (κ3) is 5.39. The number of hydrogen-bond donors (Lipinski definition) is 2. The van der Waals surface area contributed by atoms with Crippen LogP contribution in [0.1, 0.15) is 10.6 Å². The molecule has 2 N–H and O–H groups in total. The number of hydrogen-bond acceptors (Lipinski definition) is 5. The molecule has 0 unspecified atom stereocenters. The first-order chi connectivity index (χ1) is 14.0. The first-order valence-corrected chi connectivity index (χ1v) is 9.73. The number of ether oxygens (including phenoxy) is 1. The zero-order valence-corrected chi connectivity index (χ0v) is 16.8. The highest BCUT2D eigenvalue weighted by Gasteiger charge is 2.15. The molecule has 0 saturated heterocycles. The minimum atomic E-state index is -0.744. The number of rotatable bonds is 6. The van der Waals surface area contributed by atoms with Crippen LogP contribution in [0.3, 0.4) is 0 Å². The molecule has 2 amide bonds. The number of halogens is 1. The number of carbonyl (C=O) groups is 2. The topological polar surface area (TPSA) is 80.3 Å². The van der Waals surface area contributed by atoms with Gasteiger partial charge >= 0.3 is 11.8 Å². The van der Waals surface area contributed by atoms with Gasteiger partial charge in [0.05, 0.1) is 12.8 Å². The van der Waals surface area contributed by atoms with Crippen LogP contribution >= 0.6 is 11.3 Å². The largest absolute Gasteiger partial charge is 0.497 e. The quantitative estimate of drug-likeness (QED) is 0.606. The molecule has 6 nitrogen and oxygen atoms in total. The number of nitrogens with zero attached hydrogens (tertiary/aromatic N) is 1. The van der Waals surface area contributed by atoms with E-state index in [1.54, 1.807) is 36.4 Å². The Bertz CT molecular complexity index is 1020. The number of carbonyl (C=O) groups excluding carboxylic acids is 2. The van der Waals surface area contributed by atoms with Crippen LogP contribution in [0.4, 0.5) is 10.1 Å². The molecule has 0 fully saturated rings. The van der Waals surface area contributed by atoms with Crippen LogP contribution in [0.5, 0.6) is 5.75 Å². The van der Waals surface area contributed by atoms with Crippen molar-refractivity contribution >= 4 is 28.8 Å². The van der Waals surface area contributed by atoms with E-state index in [2.05, 4.69) is 15.6 Å². The smallest absolute Gasteiger partial charge is 0.313 e. The summed E-state index contributed by atoms with van der Waals surface area (Å²) >= 11 is 1.49. The van der Waals surface area contributed by atoms with Crippen LogP contribution in [-0.2, 0) is 16.0 Å². The molecule has 0 saturated carbocycles. The van der Waals surface area contributed by atoms with Gasteiger partial charge in [-0.15, -0.1) is 11.3 Å². The maximum atomic E-state index is 13.1. The third-order valence-electron chi connectivity index (χ3n) is 4.16. The molecule has 0 spiro atoms. The van der Waals surface area contributed by atoms with Crippen molar-refractivity contribution in [1.82, 2.24) is 10.3 Å². The number of amides is 2. The van der Waals surface area contributed by atoms with Gasteiger partial charge in [0.2, 0.25) is 0 Å². The SMILES string of the molecule is COc1cccc(NC(=O)C(=O)NCCc2sc(-c3ccc(F)cc3)nc2C)c1. The Hall–Kier alpha value is -3.26. The lowest BCUT2D eigenvalue weighted by Crippen LogP contribution is -2.36. The summed E-state index contributed by atoms with van der Waals surface area (Å²) in [7, 11) is 1.52. The zero-order valence-electron chi connectivity index (χ0n) is 16.0. The number of anilines is 1. The number of nitrogens with one attached hydrogen (secondary N) is 2. The van der Waals surface area contributed by atoms with Crippen LogP contribution in [-0.4, -0.2) is 30.5 Å². The Morgan fingerprint density at radius 1 is 1.14 bits per heavy atom. The maximum absolute atomic E-state index is 13.1. The summed E-state index contributed by atoms with van der Waals surface area (Å²) in [5.41, 5.74) is 2.17. The summed E-state index contributed by atoms with van der Waals surface area (Å²) in [6, 6.07) is 12.9. The lowest BCUT2D eigenvalue weighted by Gasteiger charge is -2.07. The van der Waals surface area contributed by atoms with Gasteiger partial charge in [0, 0.05) is 35.2 Å². The molecule has 150 valence electrons. The number of aryl methyl sites for hydroxylation is 1. The minimum Gasteiger partial charge on any atom is -0.497 e. The summed E-state index contributed by atoms with van der Waals surface area (Å²) in [5.74, 6) is -1.17. The van der Waals surface area contributed by atoms with E-state index in [0.29, 0.717) is 24.4 Å². The summed E-state index contributed by atoms with van der Waals surface area (Å²) in [4.78, 5) is 29.6. The molecular weight excluding hydrogens is 393 g/mol. The summed E-state index contributed by atoms with van der Waals surface area (Å²) < 4.78 is 18.2. The van der Waals surface area contributed by atoms with Crippen LogP contribution in [0.25, 0.3) is 10.6 Å². The molecule has 2 aromatic carbocycles. The van der Waals surface area contributed by atoms with Crippen molar-refractivity contribution in [2.45, 2.75) is 13.3 Å². The monoisotopic (exact) mass is 413 g/mol. The average Bonchev–Trinajstić information content (AvgIpc) is 3.09. The highest BCUT2D eigenvalue weighted by atomic mass is 32.1. The fourth-order valence-corrected chi connectivity index (χ4v) is 3.70. The summed E-state index contributed by atoms with van der Waals surface area (Å²) in [6.45, 7) is 2.19. The minimum absolute atomic E-state index is 0.294. The molecule has 29 heavy (non-hydrogen) atoms. The molecule has 8 heteroatoms. The van der Waals surface area contributed by atoms with Gasteiger partial charge in [-0.2, -0.15) is 0 Å². The third-order valence-corrected chi connectivity index (χ3v) is 5.42. The number of methoxy groups -OCH3 is 1. The fourth-order valence-electron chi connectivity index (χ4n) is 2.63. The molecule has 0 atom stereocenters. The average molecular weight is 413 g/mol. The van der Waals surface area contributed by atoms with Crippen molar-refractivity contribution in [3.63, 3.8) is 0 Å². The van der Waals surface area contributed by atoms with Gasteiger partial charge in [0.1, 0.15) is 16.6 Å². The summed E-state index contributed by atoms with van der Waals surface area (Å²) in [5, 5.41) is 5.94. The van der Waals surface area contributed by atoms with E-state index >= 15 is 0 Å². The molecule has 0 aliphatic heterocycles. The Kier molecular flexibility index (Phi) is 6.56. The van der Waals surface area contributed by atoms with Crippen LogP contribution in [0.2, 0.25) is 0 Å². The van der Waals surface area contributed by atoms with Gasteiger partial charge in [-0.25, -0.2) is 9.37 Å². The van der Waals surface area contributed by atoms with Crippen molar-refractivity contribution in [1.29, 1.82) is 0 Å². The first kappa shape index (κ1) is 20.5. The Labute approximate surface area is 171 Å². The van der Waals surface area contributed by atoms with Gasteiger partial charge in [-0.05, 0) is 43.3 Å². The van der Waals surface area contributed by atoms with E-state index in [1.165, 1.54) is 30.6 Å². The molecule has 1 heterocycles. The van der Waals surface area contributed by atoms with Crippen LogP contribution < -0.4 is 15.4 Å². The predicted octanol–water partition coefficient (Wildman–Crippen LogP) is 3.56. The molecule has 1 aromatic heterocycles. The lowest BCUT2D eigenvalue weighted by molar-refractivity contribution is -0.136. The number of thiazole rings is 1. The van der Waals surface area contributed by atoms with Gasteiger partial charge < -0.3 is 15.4 Å². The molecule has 0 radical (unpaired) electrons. The number of benzene rings is 2. The van der Waals surface area contributed by atoms with E-state index < -0.39 is 11.8 Å². The second-order valence-electron chi connectivity index (χ2n) is 6.23. The highest BCUT2D eigenvalue weighted by Crippen LogP contribution is 2.28. The van der Waals surface area contributed by atoms with Gasteiger partial charge in [0.15, 0.2) is 0 Å². The van der Waals surface area contributed by atoms with Gasteiger partial charge in [-0.1, -0.05) is 6.07 Å². The molecule has 3 aromatic rings. The Morgan fingerprint density at radius 3 is 2.62 bits per heavy atom. The van der Waals surface area contributed by atoms with Crippen LogP contribution in [0.15, 0.2) is 48.5 Å². The first-order valence-electron chi connectivity index (χ1n) is 8.91. The molecule has 0 aliphatic rings. The van der Waals surface area contributed by atoms with Crippen molar-refractivity contribution in [3.05, 3.63) is 64.9 Å². The van der Waals surface area contributed by atoms with Gasteiger partial charge in [0.25, 0.3) is 0 Å². The van der Waals surface area contributed by atoms with Crippen LogP contribution in [0, 0.1) is 12.7 Å². The molecular formula is C21H20FN3O3S. The molecule has 0 bridgehead atoms. The second kappa shape index (κ2) is 9.29. The van der Waals surface area contributed by atoms with E-state index in [0.717, 1.165) is 21.1 Å². The number of aromatic nitrogens is 1. The van der Waals surface area contributed by atoms with Gasteiger partial charge in [-0.3, -0.25) is 9.59 Å². The standard InChI is InChI=1S/C21H20FN3O3S/c1-13-18(29-21(24-13)14-6-8-15(22)9-7-14)10-11-23-19(26)20(27)25-16-4-3-5-17(12-16)28-2/h3-9,12H,10-11H2,1-2H3,(H,23,26)(H,25,27). The molecule has 3 rings (SSSR count). The maximum Gasteiger partial charge on any atom is 0.313 e. The van der Waals surface area contributed by atoms with E-state index in [4.69, 9.17) is 4.74 Å². The molecule has 0 aliphatic carbocycles. The van der Waals surface area contributed by atoms with E-state index in [-0.39, 0.29) is 5.82 Å². The zero-order chi connectivity index (χ0) is 20.8. The predicted molar refractivity (Wildman–Crippen MR) is 111 cm³/mol. The fraction of sp³-hybridized carbons (Fsp3) is 0.190. The van der Waals surface area contributed by atoms with E-state index in [1.807, 2.05) is 6.92 Å². The highest BCUT2D eigenvalue weighted by molar-refractivity contribution is 7.15. The van der Waals surface area contributed by atoms with Crippen molar-refractivity contribution in [3.8, 4) is 16.3 Å². The van der Waals surface area contributed by atoms with Crippen molar-refractivity contribution < 1.29 is 18.7 Å². The second-order valence-corrected chi connectivity index (χ2v) is 7.31. The van der Waals surface area contributed by atoms with E-state index in [9.17, 15) is 14.0 Å². The van der Waals surface area contributed by atoms with Crippen molar-refractivity contribution in [2.75, 3.05) is 19.0 Å². The van der Waals surface area contributed by atoms with Crippen molar-refractivity contribution in [2.24, 2.45) is 0 Å². The Balaban J connectivity index is 1.53. The Morgan fingerprint density at radius 2 is 1.90 bits per heavy atom. The lowest BCUT2D eigenvalue weighted by atomic mass is 10.2.